The second-order valence-electron chi connectivity index (χ2n) is 3.92. The van der Waals surface area contributed by atoms with Gasteiger partial charge < -0.3 is 20.3 Å². The van der Waals surface area contributed by atoms with Crippen LogP contribution in [-0.4, -0.2) is 27.2 Å². The van der Waals surface area contributed by atoms with Crippen LogP contribution in [0.3, 0.4) is 0 Å². The molecule has 0 radical (unpaired) electrons. The average molecular weight is 296 g/mol. The number of nitrogens with zero attached hydrogens (tertiary/aromatic N) is 2. The molecule has 0 aliphatic carbocycles. The minimum atomic E-state index is -1.09. The number of hydrogen-bond donors (Lipinski definition) is 3. The Morgan fingerprint density at radius 3 is 2.95 bits per heavy atom. The van der Waals surface area contributed by atoms with Crippen molar-refractivity contribution >= 4 is 23.3 Å². The summed E-state index contributed by atoms with van der Waals surface area (Å²) in [6, 6.07) is 0.863. The van der Waals surface area contributed by atoms with Gasteiger partial charge in [-0.2, -0.15) is 0 Å². The van der Waals surface area contributed by atoms with Gasteiger partial charge in [-0.1, -0.05) is 5.16 Å². The lowest BCUT2D eigenvalue weighted by molar-refractivity contribution is 0.0691. The van der Waals surface area contributed by atoms with Gasteiger partial charge in [0.2, 0.25) is 0 Å². The van der Waals surface area contributed by atoms with Gasteiger partial charge in [0.25, 0.3) is 0 Å². The molecule has 1 unspecified atom stereocenters. The van der Waals surface area contributed by atoms with Gasteiger partial charge in [-0.15, -0.1) is 11.3 Å². The number of rotatable bonds is 5. The lowest BCUT2D eigenvalue weighted by atomic mass is 10.3. The number of hydrogen-bond acceptors (Lipinski definition) is 6. The molecule has 2 amide bonds. The van der Waals surface area contributed by atoms with E-state index in [-0.39, 0.29) is 18.3 Å². The fourth-order valence-corrected chi connectivity index (χ4v) is 2.19. The Morgan fingerprint density at radius 1 is 1.55 bits per heavy atom. The Bertz CT molecular complexity index is 595. The smallest absolute Gasteiger partial charge is 0.355 e. The summed E-state index contributed by atoms with van der Waals surface area (Å²) in [5, 5.41) is 19.7. The topological polar surface area (TPSA) is 117 Å². The lowest BCUT2D eigenvalue weighted by Gasteiger charge is -2.11. The number of carbonyl (C=O) groups is 2. The van der Waals surface area contributed by atoms with E-state index in [9.17, 15) is 9.59 Å². The SMILES string of the molecule is CC(NC(=O)NCc1ccon1)c1nc(C(=O)O)cs1. The van der Waals surface area contributed by atoms with E-state index in [0.717, 1.165) is 0 Å². The van der Waals surface area contributed by atoms with Crippen LogP contribution in [0.5, 0.6) is 0 Å². The number of carbonyl (C=O) groups excluding carboxylic acids is 1. The van der Waals surface area contributed by atoms with Crippen LogP contribution in [0.1, 0.15) is 34.2 Å². The van der Waals surface area contributed by atoms with Gasteiger partial charge in [0.15, 0.2) is 5.69 Å². The minimum absolute atomic E-state index is 0.0262. The molecule has 0 fully saturated rings. The van der Waals surface area contributed by atoms with Gasteiger partial charge in [-0.25, -0.2) is 14.6 Å². The number of carboxylic acid groups (broad SMARTS) is 1. The molecule has 2 aromatic rings. The summed E-state index contributed by atoms with van der Waals surface area (Å²) in [6.45, 7) is 1.97. The van der Waals surface area contributed by atoms with Crippen LogP contribution in [0.4, 0.5) is 4.79 Å². The largest absolute Gasteiger partial charge is 0.476 e. The molecule has 3 N–H and O–H groups in total. The van der Waals surface area contributed by atoms with E-state index in [0.29, 0.717) is 10.7 Å². The Morgan fingerprint density at radius 2 is 2.35 bits per heavy atom. The van der Waals surface area contributed by atoms with Crippen molar-refractivity contribution in [3.05, 3.63) is 34.1 Å². The highest BCUT2D eigenvalue weighted by atomic mass is 32.1. The number of aromatic nitrogens is 2. The molecule has 2 heterocycles. The Hall–Kier alpha value is -2.42. The zero-order chi connectivity index (χ0) is 14.5. The molecule has 8 nitrogen and oxygen atoms in total. The third kappa shape index (κ3) is 3.54. The summed E-state index contributed by atoms with van der Waals surface area (Å²) in [6.07, 6.45) is 1.42. The molecule has 1 atom stereocenters. The number of urea groups is 1. The number of aromatic carboxylic acids is 1. The van der Waals surface area contributed by atoms with Gasteiger partial charge >= 0.3 is 12.0 Å². The number of thiazole rings is 1. The maximum absolute atomic E-state index is 11.6. The van der Waals surface area contributed by atoms with E-state index in [2.05, 4.69) is 25.3 Å². The average Bonchev–Trinajstić information content (AvgIpc) is 3.07. The van der Waals surface area contributed by atoms with Crippen molar-refractivity contribution in [3.63, 3.8) is 0 Å². The third-order valence-electron chi connectivity index (χ3n) is 2.38. The molecule has 2 rings (SSSR count). The van der Waals surface area contributed by atoms with Gasteiger partial charge in [0, 0.05) is 11.4 Å². The summed E-state index contributed by atoms with van der Waals surface area (Å²) in [4.78, 5) is 26.3. The maximum atomic E-state index is 11.6. The van der Waals surface area contributed by atoms with Crippen molar-refractivity contribution in [2.24, 2.45) is 0 Å². The number of nitrogens with one attached hydrogen (secondary N) is 2. The first-order chi connectivity index (χ1) is 9.56. The first kappa shape index (κ1) is 14.0. The molecular weight excluding hydrogens is 284 g/mol. The predicted octanol–water partition coefficient (Wildman–Crippen LogP) is 1.39. The van der Waals surface area contributed by atoms with Crippen LogP contribution in [0, 0.1) is 0 Å². The predicted molar refractivity (Wildman–Crippen MR) is 69.4 cm³/mol. The Kier molecular flexibility index (Phi) is 4.31. The first-order valence-electron chi connectivity index (χ1n) is 5.68. The van der Waals surface area contributed by atoms with Crippen LogP contribution >= 0.6 is 11.3 Å². The summed E-state index contributed by atoms with van der Waals surface area (Å²) < 4.78 is 4.64. The van der Waals surface area contributed by atoms with Crippen molar-refractivity contribution in [2.75, 3.05) is 0 Å². The molecule has 0 aromatic carbocycles. The second-order valence-corrected chi connectivity index (χ2v) is 4.81. The van der Waals surface area contributed by atoms with Crippen molar-refractivity contribution in [1.82, 2.24) is 20.8 Å². The van der Waals surface area contributed by atoms with Crippen LogP contribution in [-0.2, 0) is 6.54 Å². The van der Waals surface area contributed by atoms with Gasteiger partial charge in [-0.05, 0) is 6.92 Å². The van der Waals surface area contributed by atoms with E-state index in [1.807, 2.05) is 0 Å². The molecule has 0 aliphatic rings. The number of amides is 2. The summed E-state index contributed by atoms with van der Waals surface area (Å²) in [7, 11) is 0. The first-order valence-corrected chi connectivity index (χ1v) is 6.56. The molecule has 0 bridgehead atoms. The third-order valence-corrected chi connectivity index (χ3v) is 3.41. The van der Waals surface area contributed by atoms with Gasteiger partial charge in [0.05, 0.1) is 12.6 Å². The summed E-state index contributed by atoms with van der Waals surface area (Å²) >= 11 is 1.18. The molecular formula is C11H12N4O4S. The fraction of sp³-hybridized carbons (Fsp3) is 0.273. The molecule has 106 valence electrons. The summed E-state index contributed by atoms with van der Waals surface area (Å²) in [5.41, 5.74) is 0.580. The Labute approximate surface area is 117 Å². The minimum Gasteiger partial charge on any atom is -0.476 e. The van der Waals surface area contributed by atoms with Crippen LogP contribution in [0.2, 0.25) is 0 Å². The summed E-state index contributed by atoms with van der Waals surface area (Å²) in [5.74, 6) is -1.09. The molecule has 9 heteroatoms. The molecule has 0 saturated carbocycles. The van der Waals surface area contributed by atoms with Crippen LogP contribution < -0.4 is 10.6 Å². The van der Waals surface area contributed by atoms with E-state index in [1.165, 1.54) is 23.0 Å². The highest BCUT2D eigenvalue weighted by Gasteiger charge is 2.15. The van der Waals surface area contributed by atoms with Crippen molar-refractivity contribution in [2.45, 2.75) is 19.5 Å². The lowest BCUT2D eigenvalue weighted by Crippen LogP contribution is -2.36. The molecule has 0 saturated heterocycles. The highest BCUT2D eigenvalue weighted by molar-refractivity contribution is 7.09. The fourth-order valence-electron chi connectivity index (χ4n) is 1.39. The van der Waals surface area contributed by atoms with Crippen molar-refractivity contribution < 1.29 is 19.2 Å². The van der Waals surface area contributed by atoms with Crippen molar-refractivity contribution in [3.8, 4) is 0 Å². The molecule has 0 spiro atoms. The van der Waals surface area contributed by atoms with Crippen LogP contribution in [0.15, 0.2) is 22.2 Å². The second kappa shape index (κ2) is 6.15. The van der Waals surface area contributed by atoms with Gasteiger partial charge in [0.1, 0.15) is 17.0 Å². The van der Waals surface area contributed by atoms with Gasteiger partial charge in [-0.3, -0.25) is 0 Å². The highest BCUT2D eigenvalue weighted by Crippen LogP contribution is 2.17. The normalized spacial score (nSPS) is 11.8. The monoisotopic (exact) mass is 296 g/mol. The quantitative estimate of drug-likeness (QED) is 0.767. The van der Waals surface area contributed by atoms with Crippen LogP contribution in [0.25, 0.3) is 0 Å². The maximum Gasteiger partial charge on any atom is 0.355 e. The van der Waals surface area contributed by atoms with E-state index >= 15 is 0 Å². The molecule has 20 heavy (non-hydrogen) atoms. The Balaban J connectivity index is 1.85. The molecule has 2 aromatic heterocycles. The van der Waals surface area contributed by atoms with E-state index < -0.39 is 12.0 Å². The van der Waals surface area contributed by atoms with E-state index in [4.69, 9.17) is 5.11 Å². The van der Waals surface area contributed by atoms with Crippen molar-refractivity contribution in [1.29, 1.82) is 0 Å². The zero-order valence-electron chi connectivity index (χ0n) is 10.5. The number of carboxylic acids is 1. The van der Waals surface area contributed by atoms with E-state index in [1.54, 1.807) is 13.0 Å². The zero-order valence-corrected chi connectivity index (χ0v) is 11.3. The standard InChI is InChI=1S/C11H12N4O4S/c1-6(9-14-8(5-20-9)10(16)17)13-11(18)12-4-7-2-3-19-15-7/h2-3,5-6H,4H2,1H3,(H,16,17)(H2,12,13,18). The molecule has 0 aliphatic heterocycles.